The number of benzene rings is 3. The van der Waals surface area contributed by atoms with E-state index in [0.29, 0.717) is 23.6 Å². The van der Waals surface area contributed by atoms with E-state index in [-0.39, 0.29) is 18.6 Å². The number of furan rings is 1. The van der Waals surface area contributed by atoms with Crippen LogP contribution in [0.15, 0.2) is 65.1 Å². The molecular weight excluding hydrogens is 425 g/mol. The number of fused-ring (bicyclic) bond motifs is 1. The van der Waals surface area contributed by atoms with E-state index in [9.17, 15) is 14.3 Å². The van der Waals surface area contributed by atoms with Gasteiger partial charge in [0.15, 0.2) is 0 Å². The Labute approximate surface area is 190 Å². The standard InChI is InChI=1S/C26H24FNO5/c1-15(29)24-11-20-8-17(14-32-23-6-5-21(27)10-19(23)12-25(30)31)9-22(26(20)33-24)18-4-2-3-16(7-18)13-28/h2-11,15,29H,12-14,28H2,1H3,(H,30,31)/t15-/m1/s1. The summed E-state index contributed by atoms with van der Waals surface area (Å²) in [4.78, 5) is 11.1. The first-order chi connectivity index (χ1) is 15.8. The molecule has 0 aliphatic carbocycles. The first kappa shape index (κ1) is 22.5. The van der Waals surface area contributed by atoms with Gasteiger partial charge in [-0.25, -0.2) is 4.39 Å². The lowest BCUT2D eigenvalue weighted by Crippen LogP contribution is -2.05. The third-order valence-corrected chi connectivity index (χ3v) is 5.34. The predicted molar refractivity (Wildman–Crippen MR) is 122 cm³/mol. The Kier molecular flexibility index (Phi) is 6.44. The zero-order chi connectivity index (χ0) is 23.5. The zero-order valence-electron chi connectivity index (χ0n) is 18.0. The second-order valence-electron chi connectivity index (χ2n) is 7.90. The van der Waals surface area contributed by atoms with Crippen molar-refractivity contribution in [2.45, 2.75) is 32.6 Å². The Morgan fingerprint density at radius 2 is 1.94 bits per heavy atom. The monoisotopic (exact) mass is 449 g/mol. The van der Waals surface area contributed by atoms with E-state index in [1.54, 1.807) is 13.0 Å². The molecule has 0 spiro atoms. The zero-order valence-corrected chi connectivity index (χ0v) is 18.0. The molecule has 1 heterocycles. The Hall–Kier alpha value is -3.68. The molecule has 6 nitrogen and oxygen atoms in total. The summed E-state index contributed by atoms with van der Waals surface area (Å²) in [6.07, 6.45) is -1.11. The number of aliphatic hydroxyl groups is 1. The topological polar surface area (TPSA) is 106 Å². The minimum Gasteiger partial charge on any atom is -0.489 e. The Morgan fingerprint density at radius 3 is 2.67 bits per heavy atom. The van der Waals surface area contributed by atoms with Gasteiger partial charge in [-0.3, -0.25) is 4.79 Å². The molecule has 4 rings (SSSR count). The molecule has 33 heavy (non-hydrogen) atoms. The highest BCUT2D eigenvalue weighted by atomic mass is 19.1. The van der Waals surface area contributed by atoms with Crippen LogP contribution in [0.5, 0.6) is 5.75 Å². The number of rotatable bonds is 8. The van der Waals surface area contributed by atoms with Gasteiger partial charge in [-0.15, -0.1) is 0 Å². The van der Waals surface area contributed by atoms with Crippen molar-refractivity contribution in [1.29, 1.82) is 0 Å². The van der Waals surface area contributed by atoms with Crippen molar-refractivity contribution in [3.05, 3.63) is 88.9 Å². The summed E-state index contributed by atoms with van der Waals surface area (Å²) >= 11 is 0. The van der Waals surface area contributed by atoms with E-state index in [1.165, 1.54) is 18.2 Å². The summed E-state index contributed by atoms with van der Waals surface area (Å²) in [5.74, 6) is -0.840. The minimum absolute atomic E-state index is 0.132. The summed E-state index contributed by atoms with van der Waals surface area (Å²) < 4.78 is 25.5. The molecule has 7 heteroatoms. The van der Waals surface area contributed by atoms with Crippen LogP contribution in [0, 0.1) is 5.82 Å². The third kappa shape index (κ3) is 5.05. The van der Waals surface area contributed by atoms with Crippen LogP contribution in [0.4, 0.5) is 4.39 Å². The van der Waals surface area contributed by atoms with Gasteiger partial charge < -0.3 is 25.1 Å². The molecule has 0 bridgehead atoms. The number of aliphatic carboxylic acids is 1. The van der Waals surface area contributed by atoms with Gasteiger partial charge in [0.25, 0.3) is 0 Å². The average molecular weight is 449 g/mol. The fraction of sp³-hybridized carbons (Fsp3) is 0.192. The van der Waals surface area contributed by atoms with Crippen LogP contribution in [-0.4, -0.2) is 16.2 Å². The number of carboxylic acid groups (broad SMARTS) is 1. The van der Waals surface area contributed by atoms with Gasteiger partial charge >= 0.3 is 5.97 Å². The fourth-order valence-electron chi connectivity index (χ4n) is 3.76. The molecule has 3 aromatic carbocycles. The lowest BCUT2D eigenvalue weighted by molar-refractivity contribution is -0.136. The smallest absolute Gasteiger partial charge is 0.307 e. The number of ether oxygens (including phenoxy) is 1. The van der Waals surface area contributed by atoms with Crippen LogP contribution in [0.2, 0.25) is 0 Å². The first-order valence-electron chi connectivity index (χ1n) is 10.5. The molecule has 4 N–H and O–H groups in total. The normalized spacial score (nSPS) is 12.1. The van der Waals surface area contributed by atoms with Crippen molar-refractivity contribution in [2.24, 2.45) is 5.73 Å². The molecule has 0 aliphatic heterocycles. The Balaban J connectivity index is 1.74. The number of nitrogens with two attached hydrogens (primary N) is 1. The number of carboxylic acids is 1. The van der Waals surface area contributed by atoms with Gasteiger partial charge in [-0.1, -0.05) is 18.2 Å². The predicted octanol–water partition coefficient (Wildman–Crippen LogP) is 4.96. The van der Waals surface area contributed by atoms with E-state index in [2.05, 4.69) is 0 Å². The third-order valence-electron chi connectivity index (χ3n) is 5.34. The second kappa shape index (κ2) is 9.44. The average Bonchev–Trinajstić information content (AvgIpc) is 3.22. The van der Waals surface area contributed by atoms with Gasteiger partial charge in [-0.2, -0.15) is 0 Å². The lowest BCUT2D eigenvalue weighted by Gasteiger charge is -2.12. The molecule has 0 unspecified atom stereocenters. The molecule has 0 aliphatic rings. The maximum absolute atomic E-state index is 13.6. The number of halogens is 1. The molecule has 0 amide bonds. The molecule has 4 aromatic rings. The van der Waals surface area contributed by atoms with Crippen molar-refractivity contribution in [3.8, 4) is 16.9 Å². The molecule has 0 saturated heterocycles. The van der Waals surface area contributed by atoms with Crippen molar-refractivity contribution in [2.75, 3.05) is 0 Å². The Morgan fingerprint density at radius 1 is 1.12 bits per heavy atom. The molecule has 0 saturated carbocycles. The molecule has 0 radical (unpaired) electrons. The van der Waals surface area contributed by atoms with E-state index in [0.717, 1.165) is 27.6 Å². The quantitative estimate of drug-likeness (QED) is 0.351. The number of aliphatic hydroxyl groups excluding tert-OH is 1. The summed E-state index contributed by atoms with van der Waals surface area (Å²) in [5, 5.41) is 19.9. The highest BCUT2D eigenvalue weighted by Crippen LogP contribution is 2.35. The van der Waals surface area contributed by atoms with Crippen LogP contribution in [0.3, 0.4) is 0 Å². The highest BCUT2D eigenvalue weighted by molar-refractivity contribution is 5.93. The highest BCUT2D eigenvalue weighted by Gasteiger charge is 2.16. The SMILES string of the molecule is C[C@@H](O)c1cc2cc(COc3ccc(F)cc3CC(=O)O)cc(-c3cccc(CN)c3)c2o1. The largest absolute Gasteiger partial charge is 0.489 e. The lowest BCUT2D eigenvalue weighted by atomic mass is 9.99. The van der Waals surface area contributed by atoms with Gasteiger partial charge in [-0.05, 0) is 66.1 Å². The van der Waals surface area contributed by atoms with Crippen LogP contribution in [0.1, 0.15) is 35.5 Å². The van der Waals surface area contributed by atoms with Gasteiger partial charge in [0, 0.05) is 23.1 Å². The van der Waals surface area contributed by atoms with Crippen molar-refractivity contribution in [1.82, 2.24) is 0 Å². The van der Waals surface area contributed by atoms with Crippen molar-refractivity contribution >= 4 is 16.9 Å². The summed E-state index contributed by atoms with van der Waals surface area (Å²) in [6.45, 7) is 2.16. The van der Waals surface area contributed by atoms with E-state index in [1.807, 2.05) is 36.4 Å². The fourth-order valence-corrected chi connectivity index (χ4v) is 3.76. The summed E-state index contributed by atoms with van der Waals surface area (Å²) in [5.41, 5.74) is 10.2. The molecule has 1 aromatic heterocycles. The maximum atomic E-state index is 13.6. The maximum Gasteiger partial charge on any atom is 0.307 e. The minimum atomic E-state index is -1.07. The first-order valence-corrected chi connectivity index (χ1v) is 10.5. The van der Waals surface area contributed by atoms with Gasteiger partial charge in [0.2, 0.25) is 0 Å². The van der Waals surface area contributed by atoms with E-state index < -0.39 is 17.9 Å². The van der Waals surface area contributed by atoms with Crippen LogP contribution in [-0.2, 0) is 24.4 Å². The van der Waals surface area contributed by atoms with Crippen molar-refractivity contribution < 1.29 is 28.6 Å². The number of hydrogen-bond donors (Lipinski definition) is 3. The summed E-state index contributed by atoms with van der Waals surface area (Å²) in [7, 11) is 0. The van der Waals surface area contributed by atoms with E-state index in [4.69, 9.17) is 20.0 Å². The number of hydrogen-bond acceptors (Lipinski definition) is 5. The molecular formula is C26H24FNO5. The van der Waals surface area contributed by atoms with Crippen LogP contribution in [0.25, 0.3) is 22.1 Å². The molecule has 170 valence electrons. The van der Waals surface area contributed by atoms with Crippen molar-refractivity contribution in [3.63, 3.8) is 0 Å². The van der Waals surface area contributed by atoms with Gasteiger partial charge in [0.1, 0.15) is 35.6 Å². The summed E-state index contributed by atoms with van der Waals surface area (Å²) in [6, 6.07) is 17.2. The van der Waals surface area contributed by atoms with Crippen LogP contribution < -0.4 is 10.5 Å². The number of carbonyl (C=O) groups is 1. The Bertz CT molecular complexity index is 1310. The van der Waals surface area contributed by atoms with Crippen LogP contribution >= 0.6 is 0 Å². The van der Waals surface area contributed by atoms with E-state index >= 15 is 0 Å². The molecule has 1 atom stereocenters. The second-order valence-corrected chi connectivity index (χ2v) is 7.90. The molecule has 0 fully saturated rings. The van der Waals surface area contributed by atoms with Gasteiger partial charge in [0.05, 0.1) is 6.42 Å².